The van der Waals surface area contributed by atoms with E-state index in [0.717, 1.165) is 6.07 Å². The van der Waals surface area contributed by atoms with Gasteiger partial charge in [0.1, 0.15) is 0 Å². The second kappa shape index (κ2) is 4.29. The van der Waals surface area contributed by atoms with Crippen molar-refractivity contribution in [3.63, 3.8) is 0 Å². The van der Waals surface area contributed by atoms with Gasteiger partial charge in [-0.3, -0.25) is 0 Å². The summed E-state index contributed by atoms with van der Waals surface area (Å²) in [6.45, 7) is 0. The zero-order valence-corrected chi connectivity index (χ0v) is 10.5. The first kappa shape index (κ1) is 17.8. The summed E-state index contributed by atoms with van der Waals surface area (Å²) in [6, 6.07) is 2.38. The molecule has 130 valence electrons. The van der Waals surface area contributed by atoms with Crippen molar-refractivity contribution in [2.75, 3.05) is 0 Å². The molecule has 23 heavy (non-hydrogen) atoms. The van der Waals surface area contributed by atoms with Crippen LogP contribution in [0.1, 0.15) is 5.56 Å². The molecule has 11 heteroatoms. The molecule has 2 rings (SSSR count). The predicted octanol–water partition coefficient (Wildman–Crippen LogP) is 5.04. The van der Waals surface area contributed by atoms with Gasteiger partial charge in [0.15, 0.2) is 0 Å². The van der Waals surface area contributed by atoms with E-state index in [2.05, 4.69) is 0 Å². The van der Waals surface area contributed by atoms with Gasteiger partial charge in [-0.15, -0.1) is 0 Å². The zero-order valence-electron chi connectivity index (χ0n) is 10.5. The van der Waals surface area contributed by atoms with Crippen LogP contribution in [-0.2, 0) is 5.67 Å². The van der Waals surface area contributed by atoms with E-state index < -0.39 is 40.8 Å². The minimum absolute atomic E-state index is 0.0947. The molecule has 0 saturated heterocycles. The van der Waals surface area contributed by atoms with Gasteiger partial charge in [0.25, 0.3) is 5.67 Å². The normalized spacial score (nSPS) is 29.0. The number of rotatable bonds is 1. The third-order valence-corrected chi connectivity index (χ3v) is 3.61. The fourth-order valence-electron chi connectivity index (χ4n) is 2.25. The van der Waals surface area contributed by atoms with E-state index in [1.165, 1.54) is 0 Å². The van der Waals surface area contributed by atoms with Crippen LogP contribution in [0, 0.1) is 0 Å². The van der Waals surface area contributed by atoms with Gasteiger partial charge in [-0.1, -0.05) is 30.3 Å². The maximum Gasteiger partial charge on any atom is 0.384 e. The fourth-order valence-corrected chi connectivity index (χ4v) is 2.25. The van der Waals surface area contributed by atoms with Crippen LogP contribution in [0.3, 0.4) is 0 Å². The molecule has 1 aromatic rings. The number of hydrogen-bond acceptors (Lipinski definition) is 0. The lowest BCUT2D eigenvalue weighted by atomic mass is 9.69. The standard InChI is InChI=1S/C12H5F11/c13-7(6-4-2-1-3-5-6)8(14,15)10(18,19)12(22,23)11(20,21)9(7,16)17/h1-5H. The first-order valence-corrected chi connectivity index (χ1v) is 5.74. The van der Waals surface area contributed by atoms with Crippen molar-refractivity contribution in [1.29, 1.82) is 0 Å². The molecule has 1 saturated carbocycles. The van der Waals surface area contributed by atoms with Gasteiger partial charge in [0.05, 0.1) is 0 Å². The van der Waals surface area contributed by atoms with Crippen molar-refractivity contribution in [1.82, 2.24) is 0 Å². The van der Waals surface area contributed by atoms with Crippen LogP contribution in [0.25, 0.3) is 0 Å². The van der Waals surface area contributed by atoms with E-state index in [4.69, 9.17) is 0 Å². The van der Waals surface area contributed by atoms with Gasteiger partial charge < -0.3 is 0 Å². The number of hydrogen-bond donors (Lipinski definition) is 0. The highest BCUT2D eigenvalue weighted by Gasteiger charge is 3.01. The third kappa shape index (κ3) is 1.58. The smallest absolute Gasteiger partial charge is 0.225 e. The van der Waals surface area contributed by atoms with Gasteiger partial charge in [-0.05, 0) is 0 Å². The van der Waals surface area contributed by atoms with Crippen LogP contribution in [0.5, 0.6) is 0 Å². The highest BCUT2D eigenvalue weighted by atomic mass is 19.4. The van der Waals surface area contributed by atoms with Crippen molar-refractivity contribution < 1.29 is 48.3 Å². The average Bonchev–Trinajstić information content (AvgIpc) is 2.45. The average molecular weight is 358 g/mol. The van der Waals surface area contributed by atoms with Gasteiger partial charge in [0.2, 0.25) is 0 Å². The van der Waals surface area contributed by atoms with E-state index in [1.54, 1.807) is 0 Å². The fraction of sp³-hybridized carbons (Fsp3) is 0.500. The van der Waals surface area contributed by atoms with Crippen LogP contribution >= 0.6 is 0 Å². The van der Waals surface area contributed by atoms with E-state index in [9.17, 15) is 48.3 Å². The van der Waals surface area contributed by atoms with Gasteiger partial charge in [-0.25, -0.2) is 4.39 Å². The van der Waals surface area contributed by atoms with Gasteiger partial charge >= 0.3 is 29.6 Å². The summed E-state index contributed by atoms with van der Waals surface area (Å²) in [6.07, 6.45) is 0. The molecular formula is C12H5F11. The topological polar surface area (TPSA) is 0 Å². The minimum Gasteiger partial charge on any atom is -0.225 e. The lowest BCUT2D eigenvalue weighted by molar-refractivity contribution is -0.489. The monoisotopic (exact) mass is 358 g/mol. The first-order valence-electron chi connectivity index (χ1n) is 5.74. The van der Waals surface area contributed by atoms with Crippen LogP contribution in [-0.4, -0.2) is 29.6 Å². The molecule has 0 bridgehead atoms. The van der Waals surface area contributed by atoms with E-state index in [-0.39, 0.29) is 12.1 Å². The molecule has 0 radical (unpaired) electrons. The van der Waals surface area contributed by atoms with Crippen molar-refractivity contribution in [2.45, 2.75) is 35.3 Å². The van der Waals surface area contributed by atoms with E-state index in [1.807, 2.05) is 0 Å². The Balaban J connectivity index is 2.91. The molecule has 1 aliphatic rings. The summed E-state index contributed by atoms with van der Waals surface area (Å²) in [5, 5.41) is 0. The SMILES string of the molecule is FC1(F)C(F)(F)C(F)(F)C(F)(c2ccccc2)C(F)(F)C1(F)F. The number of alkyl halides is 11. The number of halogens is 11. The Morgan fingerprint density at radius 2 is 0.739 bits per heavy atom. The molecule has 0 amide bonds. The molecule has 0 unspecified atom stereocenters. The third-order valence-electron chi connectivity index (χ3n) is 3.61. The van der Waals surface area contributed by atoms with Crippen molar-refractivity contribution in [2.24, 2.45) is 0 Å². The Labute approximate surface area is 120 Å². The van der Waals surface area contributed by atoms with E-state index >= 15 is 0 Å². The molecule has 0 spiro atoms. The Kier molecular flexibility index (Phi) is 3.32. The maximum atomic E-state index is 14.4. The summed E-state index contributed by atoms with van der Waals surface area (Å²) in [7, 11) is 0. The molecule has 1 aliphatic carbocycles. The Morgan fingerprint density at radius 3 is 1.09 bits per heavy atom. The summed E-state index contributed by atoms with van der Waals surface area (Å²) in [5.74, 6) is -35.0. The maximum absolute atomic E-state index is 14.4. The predicted molar refractivity (Wildman–Crippen MR) is 54.0 cm³/mol. The van der Waals surface area contributed by atoms with Gasteiger partial charge in [-0.2, -0.15) is 43.9 Å². The van der Waals surface area contributed by atoms with Gasteiger partial charge in [0, 0.05) is 5.56 Å². The second-order valence-corrected chi connectivity index (χ2v) is 4.90. The second-order valence-electron chi connectivity index (χ2n) is 4.90. The molecule has 0 aliphatic heterocycles. The lowest BCUT2D eigenvalue weighted by Crippen LogP contribution is -2.82. The first-order chi connectivity index (χ1) is 10.1. The zero-order chi connectivity index (χ0) is 18.1. The summed E-state index contributed by atoms with van der Waals surface area (Å²) in [4.78, 5) is 0. The Bertz CT molecular complexity index is 575. The quantitative estimate of drug-likeness (QED) is 0.617. The van der Waals surface area contributed by atoms with Crippen molar-refractivity contribution in [3.05, 3.63) is 35.9 Å². The summed E-state index contributed by atoms with van der Waals surface area (Å²) < 4.78 is 148. The Morgan fingerprint density at radius 1 is 0.435 bits per heavy atom. The van der Waals surface area contributed by atoms with Crippen LogP contribution in [0.2, 0.25) is 0 Å². The van der Waals surface area contributed by atoms with E-state index in [0.29, 0.717) is 12.1 Å². The summed E-state index contributed by atoms with van der Waals surface area (Å²) in [5.41, 5.74) is -8.04. The number of benzene rings is 1. The lowest BCUT2D eigenvalue weighted by Gasteiger charge is -2.52. The molecular weight excluding hydrogens is 353 g/mol. The highest BCUT2D eigenvalue weighted by Crippen LogP contribution is 2.72. The minimum atomic E-state index is -7.18. The van der Waals surface area contributed by atoms with Crippen LogP contribution < -0.4 is 0 Å². The van der Waals surface area contributed by atoms with Crippen LogP contribution in [0.4, 0.5) is 48.3 Å². The molecule has 0 aromatic heterocycles. The molecule has 0 N–H and O–H groups in total. The molecule has 0 atom stereocenters. The molecule has 1 aromatic carbocycles. The van der Waals surface area contributed by atoms with Crippen LogP contribution in [0.15, 0.2) is 30.3 Å². The van der Waals surface area contributed by atoms with Crippen molar-refractivity contribution in [3.8, 4) is 0 Å². The molecule has 0 heterocycles. The molecule has 1 fully saturated rings. The largest absolute Gasteiger partial charge is 0.384 e. The summed E-state index contributed by atoms with van der Waals surface area (Å²) >= 11 is 0. The highest BCUT2D eigenvalue weighted by molar-refractivity contribution is 5.37. The Hall–Kier alpha value is -1.55. The molecule has 0 nitrogen and oxygen atoms in total. The van der Waals surface area contributed by atoms with Crippen molar-refractivity contribution >= 4 is 0 Å².